The Hall–Kier alpha value is -1.51. The van der Waals surface area contributed by atoms with Gasteiger partial charge in [-0.25, -0.2) is 0 Å². The first-order valence-corrected chi connectivity index (χ1v) is 5.65. The smallest absolute Gasteiger partial charge is 0.246 e. The van der Waals surface area contributed by atoms with Crippen LogP contribution in [0, 0.1) is 12.8 Å². The van der Waals surface area contributed by atoms with Crippen LogP contribution in [0.1, 0.15) is 24.4 Å². The highest BCUT2D eigenvalue weighted by Crippen LogP contribution is 2.29. The minimum Gasteiger partial charge on any atom is -0.462 e. The van der Waals surface area contributed by atoms with Crippen LogP contribution in [0.3, 0.4) is 0 Å². The molecule has 0 bridgehead atoms. The summed E-state index contributed by atoms with van der Waals surface area (Å²) in [4.78, 5) is 13.5. The molecular formula is C13H17NO2. The quantitative estimate of drug-likeness (QED) is 0.729. The van der Waals surface area contributed by atoms with Gasteiger partial charge in [0.25, 0.3) is 0 Å². The number of hydrogen-bond donors (Lipinski definition) is 0. The van der Waals surface area contributed by atoms with Gasteiger partial charge in [0.15, 0.2) is 0 Å². The molecule has 0 N–H and O–H groups in total. The lowest BCUT2D eigenvalue weighted by Crippen LogP contribution is -2.26. The second-order valence-corrected chi connectivity index (χ2v) is 4.44. The number of amides is 1. The molecule has 0 unspecified atom stereocenters. The van der Waals surface area contributed by atoms with Gasteiger partial charge in [0, 0.05) is 19.7 Å². The van der Waals surface area contributed by atoms with Crippen LogP contribution in [0.4, 0.5) is 0 Å². The van der Waals surface area contributed by atoms with Crippen LogP contribution in [0.25, 0.3) is 6.08 Å². The maximum Gasteiger partial charge on any atom is 0.246 e. The van der Waals surface area contributed by atoms with Crippen molar-refractivity contribution < 1.29 is 9.21 Å². The summed E-state index contributed by atoms with van der Waals surface area (Å²) in [5.41, 5.74) is 0. The molecule has 1 aromatic heterocycles. The summed E-state index contributed by atoms with van der Waals surface area (Å²) < 4.78 is 5.35. The second kappa shape index (κ2) is 4.56. The monoisotopic (exact) mass is 219 g/mol. The summed E-state index contributed by atoms with van der Waals surface area (Å²) >= 11 is 0. The number of likely N-dealkylation sites (N-methyl/N-ethyl adjacent to an activating group) is 1. The van der Waals surface area contributed by atoms with E-state index in [0.717, 1.165) is 24.0 Å². The predicted octanol–water partition coefficient (Wildman–Crippen LogP) is 2.47. The van der Waals surface area contributed by atoms with E-state index < -0.39 is 0 Å². The number of carbonyl (C=O) groups is 1. The second-order valence-electron chi connectivity index (χ2n) is 4.44. The number of rotatable bonds is 4. The highest BCUT2D eigenvalue weighted by atomic mass is 16.3. The van der Waals surface area contributed by atoms with Gasteiger partial charge in [-0.1, -0.05) is 0 Å². The first-order valence-electron chi connectivity index (χ1n) is 5.65. The van der Waals surface area contributed by atoms with Crippen LogP contribution < -0.4 is 0 Å². The molecule has 0 aliphatic heterocycles. The molecule has 1 fully saturated rings. The third-order valence-corrected chi connectivity index (χ3v) is 2.76. The molecule has 1 amide bonds. The van der Waals surface area contributed by atoms with E-state index in [4.69, 9.17) is 4.42 Å². The van der Waals surface area contributed by atoms with Gasteiger partial charge in [-0.05, 0) is 43.9 Å². The fraction of sp³-hybridized carbons (Fsp3) is 0.462. The summed E-state index contributed by atoms with van der Waals surface area (Å²) in [6, 6.07) is 3.75. The number of aryl methyl sites for hydroxylation is 1. The largest absolute Gasteiger partial charge is 0.462 e. The highest BCUT2D eigenvalue weighted by molar-refractivity contribution is 5.91. The zero-order valence-electron chi connectivity index (χ0n) is 9.77. The minimum atomic E-state index is 0.0425. The Morgan fingerprint density at radius 3 is 2.88 bits per heavy atom. The van der Waals surface area contributed by atoms with Crippen molar-refractivity contribution in [3.8, 4) is 0 Å². The number of carbonyl (C=O) groups excluding carboxylic acids is 1. The summed E-state index contributed by atoms with van der Waals surface area (Å²) in [6.45, 7) is 2.76. The summed E-state index contributed by atoms with van der Waals surface area (Å²) in [5, 5.41) is 0. The van der Waals surface area contributed by atoms with E-state index in [9.17, 15) is 4.79 Å². The zero-order chi connectivity index (χ0) is 11.5. The van der Waals surface area contributed by atoms with E-state index in [1.807, 2.05) is 26.1 Å². The molecule has 86 valence electrons. The van der Waals surface area contributed by atoms with E-state index >= 15 is 0 Å². The lowest BCUT2D eigenvalue weighted by Gasteiger charge is -2.13. The van der Waals surface area contributed by atoms with Crippen molar-refractivity contribution in [1.82, 2.24) is 4.90 Å². The SMILES string of the molecule is Cc1ccc(/C=C/C(=O)N(C)CC2CC2)o1. The third kappa shape index (κ3) is 2.99. The molecule has 1 heterocycles. The Morgan fingerprint density at radius 2 is 2.31 bits per heavy atom. The molecule has 1 saturated carbocycles. The summed E-state index contributed by atoms with van der Waals surface area (Å²) in [5.74, 6) is 2.36. The normalized spacial score (nSPS) is 15.6. The van der Waals surface area contributed by atoms with Gasteiger partial charge in [0.1, 0.15) is 11.5 Å². The zero-order valence-corrected chi connectivity index (χ0v) is 9.77. The molecule has 16 heavy (non-hydrogen) atoms. The summed E-state index contributed by atoms with van der Waals surface area (Å²) in [6.07, 6.45) is 5.82. The molecule has 1 aromatic rings. The Labute approximate surface area is 95.7 Å². The van der Waals surface area contributed by atoms with Gasteiger partial charge in [0.2, 0.25) is 5.91 Å². The molecule has 2 rings (SSSR count). The average molecular weight is 219 g/mol. The first-order chi connectivity index (χ1) is 7.65. The molecule has 0 radical (unpaired) electrons. The van der Waals surface area contributed by atoms with Crippen LogP contribution in [-0.2, 0) is 4.79 Å². The van der Waals surface area contributed by atoms with E-state index in [-0.39, 0.29) is 5.91 Å². The topological polar surface area (TPSA) is 33.5 Å². The average Bonchev–Trinajstić information content (AvgIpc) is 2.96. The molecule has 1 aliphatic rings. The van der Waals surface area contributed by atoms with Gasteiger partial charge in [0.05, 0.1) is 0 Å². The first kappa shape index (κ1) is 11.0. The van der Waals surface area contributed by atoms with Gasteiger partial charge in [-0.2, -0.15) is 0 Å². The molecule has 0 saturated heterocycles. The Morgan fingerprint density at radius 1 is 1.56 bits per heavy atom. The molecule has 0 aromatic carbocycles. The minimum absolute atomic E-state index is 0.0425. The molecule has 0 atom stereocenters. The van der Waals surface area contributed by atoms with Gasteiger partial charge in [-0.15, -0.1) is 0 Å². The van der Waals surface area contributed by atoms with Gasteiger partial charge in [-0.3, -0.25) is 4.79 Å². The van der Waals surface area contributed by atoms with Crippen molar-refractivity contribution in [3.05, 3.63) is 29.7 Å². The number of hydrogen-bond acceptors (Lipinski definition) is 2. The van der Waals surface area contributed by atoms with Crippen LogP contribution in [-0.4, -0.2) is 24.4 Å². The molecular weight excluding hydrogens is 202 g/mol. The Bertz CT molecular complexity index is 402. The van der Waals surface area contributed by atoms with Crippen LogP contribution >= 0.6 is 0 Å². The number of nitrogens with zero attached hydrogens (tertiary/aromatic N) is 1. The maximum atomic E-state index is 11.7. The van der Waals surface area contributed by atoms with Crippen molar-refractivity contribution in [1.29, 1.82) is 0 Å². The third-order valence-electron chi connectivity index (χ3n) is 2.76. The molecule has 3 nitrogen and oxygen atoms in total. The molecule has 1 aliphatic carbocycles. The maximum absolute atomic E-state index is 11.7. The Kier molecular flexibility index (Phi) is 3.13. The van der Waals surface area contributed by atoms with E-state index in [2.05, 4.69) is 0 Å². The van der Waals surface area contributed by atoms with Gasteiger partial charge < -0.3 is 9.32 Å². The predicted molar refractivity (Wildman–Crippen MR) is 62.8 cm³/mol. The van der Waals surface area contributed by atoms with Crippen molar-refractivity contribution in [2.24, 2.45) is 5.92 Å². The van der Waals surface area contributed by atoms with Crippen LogP contribution in [0.5, 0.6) is 0 Å². The van der Waals surface area contributed by atoms with Crippen molar-refractivity contribution in [2.75, 3.05) is 13.6 Å². The molecule has 0 spiro atoms. The Balaban J connectivity index is 1.87. The fourth-order valence-corrected chi connectivity index (χ4v) is 1.60. The fourth-order valence-electron chi connectivity index (χ4n) is 1.60. The highest BCUT2D eigenvalue weighted by Gasteiger charge is 2.23. The van der Waals surface area contributed by atoms with E-state index in [0.29, 0.717) is 0 Å². The number of furan rings is 1. The van der Waals surface area contributed by atoms with Crippen molar-refractivity contribution in [2.45, 2.75) is 19.8 Å². The summed E-state index contributed by atoms with van der Waals surface area (Å²) in [7, 11) is 1.85. The van der Waals surface area contributed by atoms with E-state index in [1.54, 1.807) is 17.1 Å². The van der Waals surface area contributed by atoms with Crippen molar-refractivity contribution >= 4 is 12.0 Å². The van der Waals surface area contributed by atoms with Gasteiger partial charge >= 0.3 is 0 Å². The lowest BCUT2D eigenvalue weighted by atomic mass is 10.3. The lowest BCUT2D eigenvalue weighted by molar-refractivity contribution is -0.124. The van der Waals surface area contributed by atoms with Crippen molar-refractivity contribution in [3.63, 3.8) is 0 Å². The van der Waals surface area contributed by atoms with E-state index in [1.165, 1.54) is 12.8 Å². The van der Waals surface area contributed by atoms with Crippen LogP contribution in [0.2, 0.25) is 0 Å². The standard InChI is InChI=1S/C13H17NO2/c1-10-3-6-12(16-10)7-8-13(15)14(2)9-11-4-5-11/h3,6-8,11H,4-5,9H2,1-2H3/b8-7+. The molecule has 3 heteroatoms. The van der Waals surface area contributed by atoms with Crippen LogP contribution in [0.15, 0.2) is 22.6 Å².